The largest absolute Gasteiger partial charge is 0.352 e. The molecule has 5 aliphatic rings. The molecule has 5 fully saturated rings. The maximum absolute atomic E-state index is 13.7. The molecule has 1 aliphatic heterocycles. The van der Waals surface area contributed by atoms with Gasteiger partial charge >= 0.3 is 0 Å². The zero-order valence-electron chi connectivity index (χ0n) is 17.7. The average Bonchev–Trinajstić information content (AvgIpc) is 3.38. The van der Waals surface area contributed by atoms with Gasteiger partial charge < -0.3 is 5.32 Å². The van der Waals surface area contributed by atoms with Crippen molar-refractivity contribution in [3.63, 3.8) is 0 Å². The third-order valence-corrected chi connectivity index (χ3v) is 8.72. The Bertz CT molecular complexity index is 928. The van der Waals surface area contributed by atoms with Gasteiger partial charge in [0, 0.05) is 25.7 Å². The Morgan fingerprint density at radius 1 is 1.00 bits per heavy atom. The van der Waals surface area contributed by atoms with E-state index in [1.165, 1.54) is 30.4 Å². The van der Waals surface area contributed by atoms with Crippen molar-refractivity contribution in [2.75, 3.05) is 13.1 Å². The van der Waals surface area contributed by atoms with Gasteiger partial charge in [-0.3, -0.25) is 9.69 Å². The minimum Gasteiger partial charge on any atom is -0.352 e. The van der Waals surface area contributed by atoms with Gasteiger partial charge in [-0.15, -0.1) is 0 Å². The van der Waals surface area contributed by atoms with Crippen molar-refractivity contribution in [2.45, 2.75) is 56.5 Å². The minimum atomic E-state index is -0.106. The van der Waals surface area contributed by atoms with Crippen molar-refractivity contribution in [2.24, 2.45) is 17.3 Å². The molecule has 1 amide bonds. The number of carbonyl (C=O) groups is 1. The SMILES string of the molecule is O=C(N[C@H]1CCN(Cc2ccccc2)C1)C12CC3CC1CC(c1ccccc1)(C3)C2. The van der Waals surface area contributed by atoms with Crippen LogP contribution >= 0.6 is 0 Å². The van der Waals surface area contributed by atoms with E-state index in [1.54, 1.807) is 0 Å². The Labute approximate surface area is 179 Å². The second-order valence-electron chi connectivity index (χ2n) is 10.6. The molecule has 1 saturated heterocycles. The summed E-state index contributed by atoms with van der Waals surface area (Å²) in [6, 6.07) is 22.0. The minimum absolute atomic E-state index is 0.106. The van der Waals surface area contributed by atoms with Crippen LogP contribution in [0, 0.1) is 17.3 Å². The van der Waals surface area contributed by atoms with Crippen molar-refractivity contribution in [1.29, 1.82) is 0 Å². The molecule has 7 rings (SSSR count). The Morgan fingerprint density at radius 3 is 2.57 bits per heavy atom. The highest BCUT2D eigenvalue weighted by Crippen LogP contribution is 2.70. The molecule has 4 aliphatic carbocycles. The van der Waals surface area contributed by atoms with Crippen LogP contribution in [0.4, 0.5) is 0 Å². The fourth-order valence-electron chi connectivity index (χ4n) is 7.65. The lowest BCUT2D eigenvalue weighted by molar-refractivity contribution is -0.133. The topological polar surface area (TPSA) is 32.3 Å². The summed E-state index contributed by atoms with van der Waals surface area (Å²) in [7, 11) is 0. The van der Waals surface area contributed by atoms with E-state index in [0.717, 1.165) is 44.8 Å². The molecule has 3 nitrogen and oxygen atoms in total. The third kappa shape index (κ3) is 2.93. The molecule has 4 unspecified atom stereocenters. The van der Waals surface area contributed by atoms with Crippen molar-refractivity contribution in [3.05, 3.63) is 71.8 Å². The first kappa shape index (κ1) is 18.6. The van der Waals surface area contributed by atoms with Crippen LogP contribution in [-0.4, -0.2) is 29.9 Å². The summed E-state index contributed by atoms with van der Waals surface area (Å²) in [5, 5.41) is 3.53. The van der Waals surface area contributed by atoms with E-state index in [9.17, 15) is 4.79 Å². The zero-order chi connectivity index (χ0) is 20.2. The predicted molar refractivity (Wildman–Crippen MR) is 119 cm³/mol. The van der Waals surface area contributed by atoms with Gasteiger partial charge in [-0.25, -0.2) is 0 Å². The van der Waals surface area contributed by atoms with Crippen LogP contribution < -0.4 is 5.32 Å². The van der Waals surface area contributed by atoms with Crippen LogP contribution in [0.5, 0.6) is 0 Å². The van der Waals surface area contributed by atoms with Gasteiger partial charge in [0.2, 0.25) is 5.91 Å². The Balaban J connectivity index is 1.15. The van der Waals surface area contributed by atoms with Gasteiger partial charge in [-0.05, 0) is 66.9 Å². The highest BCUT2D eigenvalue weighted by atomic mass is 16.2. The molecule has 0 radical (unpaired) electrons. The molecule has 2 aromatic rings. The predicted octanol–water partition coefficient (Wildman–Crippen LogP) is 4.53. The average molecular weight is 401 g/mol. The third-order valence-electron chi connectivity index (χ3n) is 8.72. The molecular weight excluding hydrogens is 368 g/mol. The monoisotopic (exact) mass is 400 g/mol. The smallest absolute Gasteiger partial charge is 0.226 e. The summed E-state index contributed by atoms with van der Waals surface area (Å²) >= 11 is 0. The van der Waals surface area contributed by atoms with E-state index in [0.29, 0.717) is 17.9 Å². The fourth-order valence-corrected chi connectivity index (χ4v) is 7.65. The molecule has 156 valence electrons. The highest BCUT2D eigenvalue weighted by Gasteiger charge is 2.67. The highest BCUT2D eigenvalue weighted by molar-refractivity contribution is 5.85. The molecule has 0 aromatic heterocycles. The lowest BCUT2D eigenvalue weighted by atomic mass is 9.63. The van der Waals surface area contributed by atoms with E-state index in [4.69, 9.17) is 0 Å². The number of nitrogens with one attached hydrogen (secondary N) is 1. The summed E-state index contributed by atoms with van der Waals surface area (Å²) in [4.78, 5) is 16.2. The normalized spacial score (nSPS) is 37.0. The number of likely N-dealkylation sites (tertiary alicyclic amines) is 1. The second-order valence-corrected chi connectivity index (χ2v) is 10.6. The number of carbonyl (C=O) groups excluding carboxylic acids is 1. The molecule has 1 heterocycles. The van der Waals surface area contributed by atoms with Crippen molar-refractivity contribution < 1.29 is 4.79 Å². The van der Waals surface area contributed by atoms with E-state index in [-0.39, 0.29) is 10.8 Å². The van der Waals surface area contributed by atoms with Crippen LogP contribution in [0.2, 0.25) is 0 Å². The van der Waals surface area contributed by atoms with Gasteiger partial charge in [-0.2, -0.15) is 0 Å². The van der Waals surface area contributed by atoms with Crippen LogP contribution in [0.1, 0.15) is 49.7 Å². The van der Waals surface area contributed by atoms with E-state index in [2.05, 4.69) is 70.9 Å². The van der Waals surface area contributed by atoms with Crippen LogP contribution in [0.3, 0.4) is 0 Å². The number of rotatable bonds is 5. The molecule has 3 heteroatoms. The van der Waals surface area contributed by atoms with E-state index < -0.39 is 0 Å². The van der Waals surface area contributed by atoms with Crippen molar-refractivity contribution in [1.82, 2.24) is 10.2 Å². The molecule has 0 spiro atoms. The summed E-state index contributed by atoms with van der Waals surface area (Å²) in [5.41, 5.74) is 2.98. The van der Waals surface area contributed by atoms with E-state index >= 15 is 0 Å². The number of hydrogen-bond acceptors (Lipinski definition) is 2. The Morgan fingerprint density at radius 2 is 1.77 bits per heavy atom. The molecule has 5 atom stereocenters. The molecule has 1 N–H and O–H groups in total. The van der Waals surface area contributed by atoms with E-state index in [1.807, 2.05) is 0 Å². The summed E-state index contributed by atoms with van der Waals surface area (Å²) in [6.45, 7) is 3.04. The number of hydrogen-bond donors (Lipinski definition) is 1. The van der Waals surface area contributed by atoms with Crippen molar-refractivity contribution >= 4 is 5.91 Å². The zero-order valence-corrected chi connectivity index (χ0v) is 17.7. The fraction of sp³-hybridized carbons (Fsp3) is 0.519. The van der Waals surface area contributed by atoms with Crippen molar-refractivity contribution in [3.8, 4) is 0 Å². The second kappa shape index (κ2) is 6.95. The lowest BCUT2D eigenvalue weighted by Crippen LogP contribution is -2.48. The maximum Gasteiger partial charge on any atom is 0.226 e. The van der Waals surface area contributed by atoms with Gasteiger partial charge in [0.05, 0.1) is 5.41 Å². The van der Waals surface area contributed by atoms with Gasteiger partial charge in [0.1, 0.15) is 0 Å². The lowest BCUT2D eigenvalue weighted by Gasteiger charge is -2.41. The molecule has 30 heavy (non-hydrogen) atoms. The quantitative estimate of drug-likeness (QED) is 0.800. The summed E-state index contributed by atoms with van der Waals surface area (Å²) in [5.74, 6) is 1.69. The van der Waals surface area contributed by atoms with Crippen LogP contribution in [0.15, 0.2) is 60.7 Å². The van der Waals surface area contributed by atoms with Crippen LogP contribution in [0.25, 0.3) is 0 Å². The first-order valence-electron chi connectivity index (χ1n) is 11.8. The molecule has 2 aromatic carbocycles. The van der Waals surface area contributed by atoms with Gasteiger partial charge in [0.15, 0.2) is 0 Å². The standard InChI is InChI=1S/C27H32N2O/c30-25(28-24-11-12-29(18-24)17-20-7-3-1-4-8-20)27-15-21-13-23(27)16-26(14-21,19-27)22-9-5-2-6-10-22/h1-10,21,23-24H,11-19H2,(H,28,30)/t21?,23?,24-,26?,27?/m0/s1. The first-order valence-corrected chi connectivity index (χ1v) is 11.8. The number of nitrogens with zero attached hydrogens (tertiary/aromatic N) is 1. The maximum atomic E-state index is 13.7. The molecular formula is C27H32N2O. The number of amides is 1. The summed E-state index contributed by atoms with van der Waals surface area (Å²) < 4.78 is 0. The molecule has 4 bridgehead atoms. The summed E-state index contributed by atoms with van der Waals surface area (Å²) in [6.07, 6.45) is 7.04. The van der Waals surface area contributed by atoms with Gasteiger partial charge in [0.25, 0.3) is 0 Å². The Hall–Kier alpha value is -2.13. The molecule has 4 saturated carbocycles. The van der Waals surface area contributed by atoms with Crippen LogP contribution in [-0.2, 0) is 16.8 Å². The first-order chi connectivity index (χ1) is 14.7. The number of benzene rings is 2. The van der Waals surface area contributed by atoms with Gasteiger partial charge in [-0.1, -0.05) is 60.7 Å². The Kier molecular flexibility index (Phi) is 4.31.